The van der Waals surface area contributed by atoms with Gasteiger partial charge in [0.15, 0.2) is 0 Å². The van der Waals surface area contributed by atoms with Crippen LogP contribution in [0.3, 0.4) is 0 Å². The highest BCUT2D eigenvalue weighted by molar-refractivity contribution is 5.99. The van der Waals surface area contributed by atoms with E-state index < -0.39 is 11.9 Å². The summed E-state index contributed by atoms with van der Waals surface area (Å²) in [4.78, 5) is 27.4. The molecule has 162 valence electrons. The number of piperidine rings is 1. The molecule has 2 amide bonds. The molecule has 1 fully saturated rings. The average Bonchev–Trinajstić information content (AvgIpc) is 2.78. The van der Waals surface area contributed by atoms with Gasteiger partial charge in [0.25, 0.3) is 5.91 Å². The van der Waals surface area contributed by atoms with E-state index in [1.165, 1.54) is 12.1 Å². The number of phenols is 1. The van der Waals surface area contributed by atoms with Crippen molar-refractivity contribution in [3.8, 4) is 17.6 Å². The van der Waals surface area contributed by atoms with E-state index >= 15 is 0 Å². The standard InChI is InChI=1S/C24H27N3O4/c1-16(2)22(26-23(29)20-5-3-4-6-21(20)28)24(30)27-13-11-19(12-14-27)31-18-9-7-17(15-25)8-10-18/h3-10,16,19,22,28H,11-14H2,1-2H3,(H,26,29)/t22-/m0/s1. The first-order chi connectivity index (χ1) is 14.9. The number of amides is 2. The largest absolute Gasteiger partial charge is 0.507 e. The van der Waals surface area contributed by atoms with Crippen LogP contribution in [0.15, 0.2) is 48.5 Å². The van der Waals surface area contributed by atoms with Gasteiger partial charge in [-0.25, -0.2) is 0 Å². The molecule has 7 heteroatoms. The number of hydrogen-bond acceptors (Lipinski definition) is 5. The molecule has 0 bridgehead atoms. The molecular formula is C24H27N3O4. The number of carbonyl (C=O) groups excluding carboxylic acids is 2. The summed E-state index contributed by atoms with van der Waals surface area (Å²) in [6.45, 7) is 4.84. The maximum atomic E-state index is 13.1. The Morgan fingerprint density at radius 2 is 1.77 bits per heavy atom. The molecule has 3 rings (SSSR count). The number of benzene rings is 2. The number of nitrogens with zero attached hydrogens (tertiary/aromatic N) is 2. The molecule has 1 heterocycles. The molecule has 1 atom stereocenters. The minimum atomic E-state index is -0.678. The normalized spacial score (nSPS) is 15.2. The zero-order chi connectivity index (χ0) is 22.4. The molecule has 7 nitrogen and oxygen atoms in total. The number of nitriles is 1. The SMILES string of the molecule is CC(C)[C@H](NC(=O)c1ccccc1O)C(=O)N1CCC(Oc2ccc(C#N)cc2)CC1. The number of phenolic OH excluding ortho intramolecular Hbond substituents is 1. The van der Waals surface area contributed by atoms with Crippen molar-refractivity contribution in [3.05, 3.63) is 59.7 Å². The van der Waals surface area contributed by atoms with E-state index in [0.29, 0.717) is 37.2 Å². The first-order valence-corrected chi connectivity index (χ1v) is 10.4. The molecule has 1 aliphatic rings. The van der Waals surface area contributed by atoms with Crippen LogP contribution in [-0.4, -0.2) is 47.1 Å². The maximum Gasteiger partial charge on any atom is 0.255 e. The Morgan fingerprint density at radius 1 is 1.13 bits per heavy atom. The molecule has 0 radical (unpaired) electrons. The average molecular weight is 421 g/mol. The van der Waals surface area contributed by atoms with Crippen LogP contribution < -0.4 is 10.1 Å². The molecule has 1 aliphatic heterocycles. The summed E-state index contributed by atoms with van der Waals surface area (Å²) in [5, 5.41) is 21.6. The van der Waals surface area contributed by atoms with Crippen molar-refractivity contribution >= 4 is 11.8 Å². The number of nitrogens with one attached hydrogen (secondary N) is 1. The van der Waals surface area contributed by atoms with Gasteiger partial charge in [-0.1, -0.05) is 26.0 Å². The van der Waals surface area contributed by atoms with Crippen molar-refractivity contribution in [1.29, 1.82) is 5.26 Å². The lowest BCUT2D eigenvalue weighted by Gasteiger charge is -2.35. The molecule has 2 aromatic carbocycles. The van der Waals surface area contributed by atoms with Crippen molar-refractivity contribution in [2.24, 2.45) is 5.92 Å². The topological polar surface area (TPSA) is 103 Å². The van der Waals surface area contributed by atoms with Crippen molar-refractivity contribution in [1.82, 2.24) is 10.2 Å². The fourth-order valence-corrected chi connectivity index (χ4v) is 3.59. The van der Waals surface area contributed by atoms with Gasteiger partial charge in [0.05, 0.1) is 17.2 Å². The number of ether oxygens (including phenoxy) is 1. The van der Waals surface area contributed by atoms with E-state index in [9.17, 15) is 14.7 Å². The number of hydrogen-bond donors (Lipinski definition) is 2. The third-order valence-electron chi connectivity index (χ3n) is 5.41. The highest BCUT2D eigenvalue weighted by Crippen LogP contribution is 2.21. The minimum Gasteiger partial charge on any atom is -0.507 e. The van der Waals surface area contributed by atoms with Crippen LogP contribution in [0, 0.1) is 17.2 Å². The predicted octanol–water partition coefficient (Wildman–Crippen LogP) is 3.09. The van der Waals surface area contributed by atoms with Gasteiger partial charge in [-0.05, 0) is 42.3 Å². The number of rotatable bonds is 6. The highest BCUT2D eigenvalue weighted by atomic mass is 16.5. The van der Waals surface area contributed by atoms with Crippen LogP contribution in [-0.2, 0) is 4.79 Å². The Labute approximate surface area is 182 Å². The van der Waals surface area contributed by atoms with Gasteiger partial charge in [-0.15, -0.1) is 0 Å². The molecule has 0 unspecified atom stereocenters. The summed E-state index contributed by atoms with van der Waals surface area (Å²) in [6, 6.07) is 14.7. The van der Waals surface area contributed by atoms with Crippen LogP contribution in [0.1, 0.15) is 42.6 Å². The molecule has 31 heavy (non-hydrogen) atoms. The Balaban J connectivity index is 1.57. The van der Waals surface area contributed by atoms with E-state index in [-0.39, 0.29) is 29.2 Å². The van der Waals surface area contributed by atoms with Gasteiger partial charge in [0.2, 0.25) is 5.91 Å². The van der Waals surface area contributed by atoms with Gasteiger partial charge in [-0.2, -0.15) is 5.26 Å². The third-order valence-corrected chi connectivity index (χ3v) is 5.41. The smallest absolute Gasteiger partial charge is 0.255 e. The minimum absolute atomic E-state index is 0.00894. The fourth-order valence-electron chi connectivity index (χ4n) is 3.59. The lowest BCUT2D eigenvalue weighted by molar-refractivity contribution is -0.136. The van der Waals surface area contributed by atoms with Gasteiger partial charge in [-0.3, -0.25) is 9.59 Å². The molecular weight excluding hydrogens is 394 g/mol. The molecule has 0 spiro atoms. The molecule has 0 aromatic heterocycles. The summed E-state index contributed by atoms with van der Waals surface area (Å²) < 4.78 is 5.98. The van der Waals surface area contributed by atoms with E-state index in [1.807, 2.05) is 13.8 Å². The first kappa shape index (κ1) is 22.2. The summed E-state index contributed by atoms with van der Waals surface area (Å²) in [5.41, 5.74) is 0.730. The first-order valence-electron chi connectivity index (χ1n) is 10.4. The second-order valence-corrected chi connectivity index (χ2v) is 7.99. The fraction of sp³-hybridized carbons (Fsp3) is 0.375. The van der Waals surface area contributed by atoms with E-state index in [2.05, 4.69) is 11.4 Å². The zero-order valence-corrected chi connectivity index (χ0v) is 17.7. The Morgan fingerprint density at radius 3 is 2.35 bits per heavy atom. The van der Waals surface area contributed by atoms with Crippen molar-refractivity contribution in [2.45, 2.75) is 38.8 Å². The predicted molar refractivity (Wildman–Crippen MR) is 116 cm³/mol. The molecule has 0 aliphatic carbocycles. The van der Waals surface area contributed by atoms with Crippen molar-refractivity contribution < 1.29 is 19.4 Å². The monoisotopic (exact) mass is 421 g/mol. The van der Waals surface area contributed by atoms with E-state index in [0.717, 1.165) is 0 Å². The van der Waals surface area contributed by atoms with E-state index in [1.54, 1.807) is 41.3 Å². The quantitative estimate of drug-likeness (QED) is 0.746. The van der Waals surface area contributed by atoms with Crippen LogP contribution in [0.2, 0.25) is 0 Å². The number of aromatic hydroxyl groups is 1. The van der Waals surface area contributed by atoms with Gasteiger partial charge in [0.1, 0.15) is 23.6 Å². The van der Waals surface area contributed by atoms with Crippen LogP contribution in [0.25, 0.3) is 0 Å². The van der Waals surface area contributed by atoms with Gasteiger partial charge < -0.3 is 20.1 Å². The lowest BCUT2D eigenvalue weighted by atomic mass is 9.99. The third kappa shape index (κ3) is 5.54. The molecule has 2 aromatic rings. The summed E-state index contributed by atoms with van der Waals surface area (Å²) in [6.07, 6.45) is 1.36. The molecule has 0 saturated carbocycles. The number of likely N-dealkylation sites (tertiary alicyclic amines) is 1. The molecule has 1 saturated heterocycles. The Hall–Kier alpha value is -3.53. The summed E-state index contributed by atoms with van der Waals surface area (Å²) in [7, 11) is 0. The summed E-state index contributed by atoms with van der Waals surface area (Å²) in [5.74, 6) is -0.107. The molecule has 2 N–H and O–H groups in total. The van der Waals surface area contributed by atoms with E-state index in [4.69, 9.17) is 10.00 Å². The van der Waals surface area contributed by atoms with Crippen LogP contribution in [0.5, 0.6) is 11.5 Å². The number of carbonyl (C=O) groups is 2. The highest BCUT2D eigenvalue weighted by Gasteiger charge is 2.32. The van der Waals surface area contributed by atoms with Crippen molar-refractivity contribution in [2.75, 3.05) is 13.1 Å². The second-order valence-electron chi connectivity index (χ2n) is 7.99. The lowest BCUT2D eigenvalue weighted by Crippen LogP contribution is -2.53. The maximum absolute atomic E-state index is 13.1. The Kier molecular flexibility index (Phi) is 7.14. The second kappa shape index (κ2) is 9.98. The zero-order valence-electron chi connectivity index (χ0n) is 17.7. The van der Waals surface area contributed by atoms with Gasteiger partial charge >= 0.3 is 0 Å². The van der Waals surface area contributed by atoms with Crippen molar-refractivity contribution in [3.63, 3.8) is 0 Å². The Bertz CT molecular complexity index is 958. The van der Waals surface area contributed by atoms with Crippen LogP contribution >= 0.6 is 0 Å². The number of para-hydroxylation sites is 1. The summed E-state index contributed by atoms with van der Waals surface area (Å²) >= 11 is 0. The van der Waals surface area contributed by atoms with Crippen LogP contribution in [0.4, 0.5) is 0 Å². The van der Waals surface area contributed by atoms with Gasteiger partial charge in [0, 0.05) is 25.9 Å².